The zero-order valence-electron chi connectivity index (χ0n) is 4.70. The monoisotopic (exact) mass is 134 g/mol. The van der Waals surface area contributed by atoms with Gasteiger partial charge in [-0.15, -0.1) is 0 Å². The van der Waals surface area contributed by atoms with Crippen molar-refractivity contribution >= 4 is 18.8 Å². The van der Waals surface area contributed by atoms with Gasteiger partial charge in [0.25, 0.3) is 0 Å². The van der Waals surface area contributed by atoms with Crippen LogP contribution in [0, 0.1) is 0 Å². The van der Waals surface area contributed by atoms with E-state index in [0.29, 0.717) is 0 Å². The van der Waals surface area contributed by atoms with Crippen molar-refractivity contribution in [3.63, 3.8) is 0 Å². The summed E-state index contributed by atoms with van der Waals surface area (Å²) in [5, 5.41) is 0. The SMILES string of the molecule is O=P(O)(O)O.[H-].[Li+].[Si]. The fourth-order valence-electron chi connectivity index (χ4n) is 0. The molecule has 38 valence electrons. The van der Waals surface area contributed by atoms with Gasteiger partial charge >= 0.3 is 26.7 Å². The Morgan fingerprint density at radius 1 is 1.29 bits per heavy atom. The fourth-order valence-corrected chi connectivity index (χ4v) is 0. The van der Waals surface area contributed by atoms with Gasteiger partial charge in [-0.1, -0.05) is 0 Å². The van der Waals surface area contributed by atoms with Gasteiger partial charge in [-0.25, -0.2) is 4.57 Å². The predicted octanol–water partition coefficient (Wildman–Crippen LogP) is -4.19. The maximum absolute atomic E-state index is 8.88. The van der Waals surface area contributed by atoms with E-state index in [1.165, 1.54) is 0 Å². The van der Waals surface area contributed by atoms with E-state index in [0.717, 1.165) is 0 Å². The van der Waals surface area contributed by atoms with Gasteiger partial charge in [0, 0.05) is 11.0 Å². The molecule has 0 atom stereocenters. The fraction of sp³-hybridized carbons (Fsp3) is 0. The van der Waals surface area contributed by atoms with Gasteiger partial charge in [0.2, 0.25) is 0 Å². The van der Waals surface area contributed by atoms with Crippen molar-refractivity contribution in [1.29, 1.82) is 0 Å². The quantitative estimate of drug-likeness (QED) is 0.232. The first-order valence-electron chi connectivity index (χ1n) is 0.783. The molecule has 7 heavy (non-hydrogen) atoms. The Morgan fingerprint density at radius 3 is 1.29 bits per heavy atom. The smallest absolute Gasteiger partial charge is 1.00 e. The van der Waals surface area contributed by atoms with Crippen LogP contribution in [-0.4, -0.2) is 25.6 Å². The zero-order valence-corrected chi connectivity index (χ0v) is 5.59. The van der Waals surface area contributed by atoms with Crippen molar-refractivity contribution in [1.82, 2.24) is 0 Å². The molecule has 0 heterocycles. The molecule has 0 unspecified atom stereocenters. The summed E-state index contributed by atoms with van der Waals surface area (Å²) >= 11 is 0. The van der Waals surface area contributed by atoms with Crippen LogP contribution in [0.25, 0.3) is 0 Å². The average Bonchev–Trinajstić information content (AvgIpc) is 0.722. The van der Waals surface area contributed by atoms with Crippen LogP contribution in [-0.2, 0) is 4.57 Å². The Bertz CT molecular complexity index is 62.2. The van der Waals surface area contributed by atoms with E-state index in [9.17, 15) is 0 Å². The molecule has 7 heteroatoms. The van der Waals surface area contributed by atoms with Gasteiger partial charge in [-0.2, -0.15) is 0 Å². The molecule has 0 aliphatic carbocycles. The summed E-state index contributed by atoms with van der Waals surface area (Å²) in [7, 11) is -4.64. The summed E-state index contributed by atoms with van der Waals surface area (Å²) in [5.41, 5.74) is 0. The molecule has 0 aromatic heterocycles. The van der Waals surface area contributed by atoms with Crippen LogP contribution < -0.4 is 18.9 Å². The van der Waals surface area contributed by atoms with E-state index < -0.39 is 7.82 Å². The third-order valence-corrected chi connectivity index (χ3v) is 0. The molecule has 3 N–H and O–H groups in total. The Balaban J connectivity index is -0.0000000267. The first-order valence-corrected chi connectivity index (χ1v) is 2.35. The van der Waals surface area contributed by atoms with Gasteiger partial charge in [0.15, 0.2) is 0 Å². The topological polar surface area (TPSA) is 77.8 Å². The maximum Gasteiger partial charge on any atom is 1.00 e. The van der Waals surface area contributed by atoms with Gasteiger partial charge in [-0.3, -0.25) is 0 Å². The second-order valence-electron chi connectivity index (χ2n) is 0.513. The molecule has 4 radical (unpaired) electrons. The van der Waals surface area contributed by atoms with Crippen LogP contribution in [0.1, 0.15) is 1.43 Å². The molecule has 0 aliphatic rings. The predicted molar refractivity (Wildman–Crippen MR) is 21.1 cm³/mol. The van der Waals surface area contributed by atoms with Crippen molar-refractivity contribution in [3.05, 3.63) is 0 Å². The van der Waals surface area contributed by atoms with E-state index in [4.69, 9.17) is 19.2 Å². The first-order chi connectivity index (χ1) is 2.00. The summed E-state index contributed by atoms with van der Waals surface area (Å²) in [6, 6.07) is 0. The molecule has 0 saturated carbocycles. The van der Waals surface area contributed by atoms with Gasteiger partial charge in [0.1, 0.15) is 0 Å². The molecule has 0 aromatic rings. The van der Waals surface area contributed by atoms with Crippen LogP contribution in [0.4, 0.5) is 0 Å². The third-order valence-electron chi connectivity index (χ3n) is 0. The second-order valence-corrected chi connectivity index (χ2v) is 1.54. The van der Waals surface area contributed by atoms with Crippen molar-refractivity contribution in [2.75, 3.05) is 0 Å². The Labute approximate surface area is 58.9 Å². The van der Waals surface area contributed by atoms with Gasteiger partial charge in [-0.05, 0) is 0 Å². The third kappa shape index (κ3) is 197. The number of hydrogen-bond acceptors (Lipinski definition) is 1. The van der Waals surface area contributed by atoms with E-state index >= 15 is 0 Å². The van der Waals surface area contributed by atoms with Crippen molar-refractivity contribution in [2.45, 2.75) is 0 Å². The summed E-state index contributed by atoms with van der Waals surface area (Å²) < 4.78 is 8.88. The van der Waals surface area contributed by atoms with Gasteiger partial charge in [0.05, 0.1) is 0 Å². The molecule has 0 spiro atoms. The minimum absolute atomic E-state index is 0. The number of phosphoric acid groups is 1. The average molecular weight is 134 g/mol. The molecular formula is H4LiO4PSi. The summed E-state index contributed by atoms with van der Waals surface area (Å²) in [4.78, 5) is 21.6. The van der Waals surface area contributed by atoms with Crippen LogP contribution in [0.2, 0.25) is 0 Å². The Hall–Kier alpha value is 0.924. The van der Waals surface area contributed by atoms with Crippen LogP contribution in [0.15, 0.2) is 0 Å². The number of rotatable bonds is 0. The van der Waals surface area contributed by atoms with Crippen molar-refractivity contribution in [2.24, 2.45) is 0 Å². The minimum Gasteiger partial charge on any atom is -1.00 e. The van der Waals surface area contributed by atoms with Crippen molar-refractivity contribution < 1.29 is 39.5 Å². The molecule has 0 saturated heterocycles. The molecule has 0 amide bonds. The molecular weight excluding hydrogens is 130 g/mol. The molecule has 0 aromatic carbocycles. The van der Waals surface area contributed by atoms with Crippen LogP contribution in [0.5, 0.6) is 0 Å². The molecule has 0 fully saturated rings. The van der Waals surface area contributed by atoms with Crippen LogP contribution >= 0.6 is 7.82 Å². The normalized spacial score (nSPS) is 8.43. The maximum atomic E-state index is 8.88. The first kappa shape index (κ1) is 15.7. The number of hydrogen-bond donors (Lipinski definition) is 3. The minimum atomic E-state index is -4.64. The summed E-state index contributed by atoms with van der Waals surface area (Å²) in [6.07, 6.45) is 0. The molecule has 0 aliphatic heterocycles. The second kappa shape index (κ2) is 5.07. The van der Waals surface area contributed by atoms with Gasteiger partial charge < -0.3 is 16.1 Å². The molecule has 0 rings (SSSR count). The largest absolute Gasteiger partial charge is 1.00 e. The Morgan fingerprint density at radius 2 is 1.29 bits per heavy atom. The summed E-state index contributed by atoms with van der Waals surface area (Å²) in [5.74, 6) is 0. The van der Waals surface area contributed by atoms with E-state index in [1.54, 1.807) is 0 Å². The van der Waals surface area contributed by atoms with E-state index in [-0.39, 0.29) is 31.3 Å². The van der Waals surface area contributed by atoms with Crippen LogP contribution in [0.3, 0.4) is 0 Å². The molecule has 4 nitrogen and oxygen atoms in total. The standard InChI is InChI=1S/Li.H3O4P.Si.H/c;1-5(2,3)4;;/h;(H3,1,2,3,4);;/q+1;;;-1. The molecule has 0 bridgehead atoms. The summed E-state index contributed by atoms with van der Waals surface area (Å²) in [6.45, 7) is 0. The zero-order chi connectivity index (χ0) is 4.50. The Kier molecular flexibility index (Phi) is 11.3. The van der Waals surface area contributed by atoms with E-state index in [1.807, 2.05) is 0 Å². The van der Waals surface area contributed by atoms with E-state index in [2.05, 4.69) is 0 Å². The van der Waals surface area contributed by atoms with Crippen molar-refractivity contribution in [3.8, 4) is 0 Å².